The van der Waals surface area contributed by atoms with Crippen molar-refractivity contribution in [3.63, 3.8) is 0 Å². The zero-order chi connectivity index (χ0) is 18.8. The van der Waals surface area contributed by atoms with E-state index in [0.717, 1.165) is 73.7 Å². The molecular weight excluding hydrogens is 358 g/mol. The van der Waals surface area contributed by atoms with Crippen LogP contribution in [-0.4, -0.2) is 65.8 Å². The summed E-state index contributed by atoms with van der Waals surface area (Å²) in [5.41, 5.74) is 2.72. The van der Waals surface area contributed by atoms with Crippen LogP contribution < -0.4 is 9.64 Å². The van der Waals surface area contributed by atoms with Crippen LogP contribution in [0.1, 0.15) is 12.8 Å². The molecular formula is C20H23N5O3. The summed E-state index contributed by atoms with van der Waals surface area (Å²) in [6.07, 6.45) is 5.57. The average Bonchev–Trinajstić information content (AvgIpc) is 3.21. The van der Waals surface area contributed by atoms with Crippen molar-refractivity contribution in [2.75, 3.05) is 44.4 Å². The summed E-state index contributed by atoms with van der Waals surface area (Å²) in [5, 5.41) is 8.56. The number of aromatic nitrogens is 4. The van der Waals surface area contributed by atoms with Gasteiger partial charge in [-0.3, -0.25) is 5.10 Å². The van der Waals surface area contributed by atoms with Gasteiger partial charge in [0.05, 0.1) is 30.7 Å². The van der Waals surface area contributed by atoms with E-state index in [-0.39, 0.29) is 6.10 Å². The fraction of sp³-hybridized carbons (Fsp3) is 0.450. The highest BCUT2D eigenvalue weighted by molar-refractivity contribution is 5.96. The van der Waals surface area contributed by atoms with E-state index >= 15 is 0 Å². The van der Waals surface area contributed by atoms with Gasteiger partial charge in [-0.05, 0) is 31.0 Å². The molecule has 1 N–H and O–H groups in total. The maximum Gasteiger partial charge on any atom is 0.225 e. The van der Waals surface area contributed by atoms with Gasteiger partial charge in [0.25, 0.3) is 0 Å². The van der Waals surface area contributed by atoms with E-state index < -0.39 is 0 Å². The zero-order valence-corrected chi connectivity index (χ0v) is 15.6. The molecule has 0 spiro atoms. The number of anilines is 1. The van der Waals surface area contributed by atoms with E-state index in [9.17, 15) is 0 Å². The summed E-state index contributed by atoms with van der Waals surface area (Å²) in [4.78, 5) is 11.3. The minimum atomic E-state index is 0.0240. The van der Waals surface area contributed by atoms with Crippen LogP contribution in [0.15, 0.2) is 30.6 Å². The largest absolute Gasteiger partial charge is 0.471 e. The molecule has 3 aromatic heterocycles. The average molecular weight is 381 g/mol. The summed E-state index contributed by atoms with van der Waals surface area (Å²) in [7, 11) is 0. The molecule has 0 aliphatic carbocycles. The van der Waals surface area contributed by atoms with Gasteiger partial charge in [0.1, 0.15) is 17.6 Å². The minimum Gasteiger partial charge on any atom is -0.471 e. The molecule has 8 nitrogen and oxygen atoms in total. The fourth-order valence-electron chi connectivity index (χ4n) is 3.73. The Kier molecular flexibility index (Phi) is 4.80. The second-order valence-electron chi connectivity index (χ2n) is 7.07. The Morgan fingerprint density at radius 3 is 2.82 bits per heavy atom. The Morgan fingerprint density at radius 1 is 1.07 bits per heavy atom. The standard InChI is InChI=1S/C20H23N5O3/c1-2-15(13-27-9-1)28-20-18-16(4-6-22-20)23-24-19(18)14-3-5-21-17(12-14)25-7-10-26-11-8-25/h3-6,12,15H,1-2,7-11,13H2,(H,23,24). The number of nitrogens with one attached hydrogen (secondary N) is 1. The van der Waals surface area contributed by atoms with E-state index in [0.29, 0.717) is 12.5 Å². The maximum atomic E-state index is 6.20. The number of nitrogens with zero attached hydrogens (tertiary/aromatic N) is 4. The highest BCUT2D eigenvalue weighted by atomic mass is 16.5. The minimum absolute atomic E-state index is 0.0240. The monoisotopic (exact) mass is 381 g/mol. The van der Waals surface area contributed by atoms with Crippen molar-refractivity contribution in [1.82, 2.24) is 20.2 Å². The molecule has 3 aromatic rings. The number of aromatic amines is 1. The highest BCUT2D eigenvalue weighted by Gasteiger charge is 2.21. The molecule has 1 atom stereocenters. The first-order valence-electron chi connectivity index (χ1n) is 9.75. The summed E-state index contributed by atoms with van der Waals surface area (Å²) in [5.74, 6) is 1.53. The van der Waals surface area contributed by atoms with E-state index in [1.54, 1.807) is 6.20 Å². The van der Waals surface area contributed by atoms with Gasteiger partial charge in [0, 0.05) is 37.7 Å². The van der Waals surface area contributed by atoms with Crippen molar-refractivity contribution >= 4 is 16.7 Å². The Morgan fingerprint density at radius 2 is 1.96 bits per heavy atom. The van der Waals surface area contributed by atoms with Crippen LogP contribution >= 0.6 is 0 Å². The summed E-state index contributed by atoms with van der Waals surface area (Å²) < 4.78 is 17.2. The van der Waals surface area contributed by atoms with Gasteiger partial charge < -0.3 is 19.1 Å². The Hall–Kier alpha value is -2.71. The second-order valence-corrected chi connectivity index (χ2v) is 7.07. The number of fused-ring (bicyclic) bond motifs is 1. The van der Waals surface area contributed by atoms with Gasteiger partial charge in [-0.15, -0.1) is 0 Å². The van der Waals surface area contributed by atoms with Gasteiger partial charge >= 0.3 is 0 Å². The first-order chi connectivity index (χ1) is 13.9. The van der Waals surface area contributed by atoms with Gasteiger partial charge in [-0.25, -0.2) is 9.97 Å². The smallest absolute Gasteiger partial charge is 0.225 e. The van der Waals surface area contributed by atoms with Gasteiger partial charge in [-0.2, -0.15) is 5.10 Å². The molecule has 5 rings (SSSR count). The summed E-state index contributed by atoms with van der Waals surface area (Å²) in [6, 6.07) is 5.96. The number of morpholine rings is 1. The van der Waals surface area contributed by atoms with E-state index in [1.165, 1.54) is 0 Å². The summed E-state index contributed by atoms with van der Waals surface area (Å²) >= 11 is 0. The SMILES string of the molecule is c1cc(-c2n[nH]c3ccnc(OC4CCCOC4)c23)cc(N2CCOCC2)n1. The molecule has 2 aliphatic rings. The van der Waals surface area contributed by atoms with Crippen LogP contribution in [0, 0.1) is 0 Å². The van der Waals surface area contributed by atoms with Crippen molar-refractivity contribution in [1.29, 1.82) is 0 Å². The van der Waals surface area contributed by atoms with Crippen molar-refractivity contribution in [3.05, 3.63) is 30.6 Å². The topological polar surface area (TPSA) is 85.4 Å². The molecule has 0 amide bonds. The lowest BCUT2D eigenvalue weighted by atomic mass is 10.1. The Balaban J connectivity index is 1.50. The van der Waals surface area contributed by atoms with Crippen LogP contribution in [0.5, 0.6) is 5.88 Å². The van der Waals surface area contributed by atoms with Crippen molar-refractivity contribution in [2.45, 2.75) is 18.9 Å². The maximum absolute atomic E-state index is 6.20. The number of hydrogen-bond donors (Lipinski definition) is 1. The molecule has 28 heavy (non-hydrogen) atoms. The Bertz CT molecular complexity index is 948. The molecule has 5 heterocycles. The van der Waals surface area contributed by atoms with Crippen LogP contribution in [0.25, 0.3) is 22.2 Å². The van der Waals surface area contributed by atoms with E-state index in [2.05, 4.69) is 31.1 Å². The van der Waals surface area contributed by atoms with Gasteiger partial charge in [-0.1, -0.05) is 0 Å². The third-order valence-electron chi connectivity index (χ3n) is 5.19. The summed E-state index contributed by atoms with van der Waals surface area (Å²) in [6.45, 7) is 4.54. The van der Waals surface area contributed by atoms with E-state index in [4.69, 9.17) is 14.2 Å². The molecule has 0 bridgehead atoms. The van der Waals surface area contributed by atoms with Gasteiger partial charge in [0.2, 0.25) is 5.88 Å². The second kappa shape index (κ2) is 7.73. The van der Waals surface area contributed by atoms with Crippen molar-refractivity contribution in [3.8, 4) is 17.1 Å². The number of ether oxygens (including phenoxy) is 3. The predicted octanol–water partition coefficient (Wildman–Crippen LogP) is 2.41. The number of pyridine rings is 2. The molecule has 2 fully saturated rings. The molecule has 2 saturated heterocycles. The number of H-pyrrole nitrogens is 1. The lowest BCUT2D eigenvalue weighted by molar-refractivity contribution is 0.00624. The van der Waals surface area contributed by atoms with Crippen molar-refractivity contribution in [2.24, 2.45) is 0 Å². The molecule has 2 aliphatic heterocycles. The molecule has 0 saturated carbocycles. The normalized spacial score (nSPS) is 20.4. The van der Waals surface area contributed by atoms with Crippen LogP contribution in [0.3, 0.4) is 0 Å². The third kappa shape index (κ3) is 3.41. The number of hydrogen-bond acceptors (Lipinski definition) is 7. The molecule has 1 unspecified atom stereocenters. The van der Waals surface area contributed by atoms with Crippen LogP contribution in [0.2, 0.25) is 0 Å². The lowest BCUT2D eigenvalue weighted by Crippen LogP contribution is -2.36. The Labute approximate surface area is 162 Å². The quantitative estimate of drug-likeness (QED) is 0.743. The lowest BCUT2D eigenvalue weighted by Gasteiger charge is -2.27. The number of rotatable bonds is 4. The predicted molar refractivity (Wildman–Crippen MR) is 105 cm³/mol. The van der Waals surface area contributed by atoms with Crippen molar-refractivity contribution < 1.29 is 14.2 Å². The fourth-order valence-corrected chi connectivity index (χ4v) is 3.73. The molecule has 8 heteroatoms. The highest BCUT2D eigenvalue weighted by Crippen LogP contribution is 2.34. The first-order valence-corrected chi connectivity index (χ1v) is 9.75. The third-order valence-corrected chi connectivity index (χ3v) is 5.19. The molecule has 0 radical (unpaired) electrons. The van der Waals surface area contributed by atoms with Crippen LogP contribution in [-0.2, 0) is 9.47 Å². The first kappa shape index (κ1) is 17.4. The molecule has 146 valence electrons. The zero-order valence-electron chi connectivity index (χ0n) is 15.6. The van der Waals surface area contributed by atoms with Crippen LogP contribution in [0.4, 0.5) is 5.82 Å². The van der Waals surface area contributed by atoms with Gasteiger partial charge in [0.15, 0.2) is 0 Å². The van der Waals surface area contributed by atoms with E-state index in [1.807, 2.05) is 18.3 Å². The molecule has 0 aromatic carbocycles.